The van der Waals surface area contributed by atoms with Crippen LogP contribution in [0.4, 0.5) is 0 Å². The van der Waals surface area contributed by atoms with Crippen LogP contribution in [0, 0.1) is 0 Å². The van der Waals surface area contributed by atoms with Gasteiger partial charge in [-0.15, -0.1) is 11.8 Å². The highest BCUT2D eigenvalue weighted by molar-refractivity contribution is 8.00. The third-order valence-electron chi connectivity index (χ3n) is 10.8. The Morgan fingerprint density at radius 2 is 1.16 bits per heavy atom. The molecule has 17 nitrogen and oxygen atoms in total. The molecule has 1 rings (SSSR count). The Hall–Kier alpha value is -4.01. The summed E-state index contributed by atoms with van der Waals surface area (Å²) >= 11 is 1.13. The van der Waals surface area contributed by atoms with E-state index >= 15 is 0 Å². The highest BCUT2D eigenvalue weighted by Crippen LogP contribution is 2.47. The van der Waals surface area contributed by atoms with Crippen molar-refractivity contribution in [1.29, 1.82) is 0 Å². The Morgan fingerprint density at radius 1 is 0.644 bits per heavy atom. The topological polar surface area (TPSA) is 293 Å². The van der Waals surface area contributed by atoms with Crippen molar-refractivity contribution < 1.29 is 78.1 Å². The van der Waals surface area contributed by atoms with Gasteiger partial charge in [0.25, 0.3) is 0 Å². The average molecular weight is 1070 g/mol. The van der Waals surface area contributed by atoms with E-state index in [1.165, 1.54) is 19.3 Å². The van der Waals surface area contributed by atoms with Gasteiger partial charge in [0.1, 0.15) is 49.3 Å². The van der Waals surface area contributed by atoms with E-state index in [2.05, 4.69) is 74.6 Å². The summed E-state index contributed by atoms with van der Waals surface area (Å²) in [7, 11) is -5.29. The Bertz CT molecular complexity index is 1860. The summed E-state index contributed by atoms with van der Waals surface area (Å²) in [6.45, 7) is 2.64. The predicted molar refractivity (Wildman–Crippen MR) is 286 cm³/mol. The van der Waals surface area contributed by atoms with Gasteiger partial charge in [-0.25, -0.2) is 4.57 Å². The van der Waals surface area contributed by atoms with Gasteiger partial charge in [0.15, 0.2) is 6.10 Å². The number of carboxylic acids is 1. The van der Waals surface area contributed by atoms with Crippen LogP contribution in [0.2, 0.25) is 0 Å². The van der Waals surface area contributed by atoms with Crippen molar-refractivity contribution in [2.75, 3.05) is 19.0 Å². The van der Waals surface area contributed by atoms with Crippen molar-refractivity contribution >= 4 is 37.5 Å². The number of rotatable bonds is 40. The van der Waals surface area contributed by atoms with Gasteiger partial charge in [0, 0.05) is 23.8 Å². The highest BCUT2D eigenvalue weighted by atomic mass is 32.2. The minimum absolute atomic E-state index is 0.0664. The van der Waals surface area contributed by atoms with Gasteiger partial charge in [-0.2, -0.15) is 0 Å². The minimum Gasteiger partial charge on any atom is -0.481 e. The molecule has 0 amide bonds. The van der Waals surface area contributed by atoms with Crippen LogP contribution in [-0.4, -0.2) is 138 Å². The Labute approximate surface area is 436 Å². The second-order valence-electron chi connectivity index (χ2n) is 17.1. The molecule has 10 N–H and O–H groups in total. The van der Waals surface area contributed by atoms with E-state index in [-0.39, 0.29) is 37.9 Å². The summed E-state index contributed by atoms with van der Waals surface area (Å²) in [6, 6.07) is -1.28. The van der Waals surface area contributed by atoms with Crippen LogP contribution in [-0.2, 0) is 37.5 Å². The van der Waals surface area contributed by atoms with Crippen LogP contribution in [0.1, 0.15) is 117 Å². The molecular weight excluding hydrogens is 982 g/mol. The molecule has 0 saturated heterocycles. The quantitative estimate of drug-likeness (QED) is 0.00945. The van der Waals surface area contributed by atoms with E-state index in [0.29, 0.717) is 6.42 Å². The monoisotopic (exact) mass is 1070 g/mol. The molecule has 0 spiro atoms. The predicted octanol–water partition coefficient (Wildman–Crippen LogP) is 7.48. The van der Waals surface area contributed by atoms with Gasteiger partial charge < -0.3 is 55.8 Å². The number of hydrogen-bond acceptors (Lipinski definition) is 16. The zero-order chi connectivity index (χ0) is 54.1. The maximum Gasteiger partial charge on any atom is 0.472 e. The van der Waals surface area contributed by atoms with E-state index in [0.717, 1.165) is 56.7 Å². The number of esters is 2. The average Bonchev–Trinajstić information content (AvgIpc) is 3.36. The number of phosphoric acid groups is 1. The lowest BCUT2D eigenvalue weighted by atomic mass is 9.85. The zero-order valence-electron chi connectivity index (χ0n) is 42.5. The number of allylic oxidation sites excluding steroid dienone is 19. The molecule has 412 valence electrons. The molecule has 11 atom stereocenters. The molecule has 0 aromatic rings. The molecule has 1 aliphatic carbocycles. The van der Waals surface area contributed by atoms with Crippen molar-refractivity contribution in [3.8, 4) is 0 Å². The molecular formula is C54H84NO16PS. The largest absolute Gasteiger partial charge is 0.481 e. The second-order valence-corrected chi connectivity index (χ2v) is 19.8. The van der Waals surface area contributed by atoms with Gasteiger partial charge in [-0.05, 0) is 77.0 Å². The maximum absolute atomic E-state index is 13.1. The van der Waals surface area contributed by atoms with Gasteiger partial charge in [0.2, 0.25) is 0 Å². The summed E-state index contributed by atoms with van der Waals surface area (Å²) in [5.74, 6) is -2.82. The van der Waals surface area contributed by atoms with Crippen molar-refractivity contribution in [3.63, 3.8) is 0 Å². The molecule has 0 aromatic heterocycles. The summed E-state index contributed by atoms with van der Waals surface area (Å²) in [6.07, 6.45) is 35.7. The number of carbonyl (C=O) groups excluding carboxylic acids is 2. The zero-order valence-corrected chi connectivity index (χ0v) is 44.2. The first-order valence-corrected chi connectivity index (χ1v) is 27.8. The first-order valence-electron chi connectivity index (χ1n) is 25.3. The number of thioether (sulfide) groups is 1. The van der Waals surface area contributed by atoms with E-state index in [4.69, 9.17) is 29.4 Å². The Morgan fingerprint density at radius 3 is 1.73 bits per heavy atom. The fraction of sp³-hybridized carbons (Fsp3) is 0.574. The lowest BCUT2D eigenvalue weighted by Gasteiger charge is -2.41. The molecule has 1 aliphatic rings. The van der Waals surface area contributed by atoms with Crippen LogP contribution < -0.4 is 5.73 Å². The standard InChI is InChI=1S/C54H84NO16PS/c1-3-5-7-9-11-13-15-17-18-19-20-21-22-23-25-27-29-31-33-38-47(59)70-42(40-69-72(66,67)71-53-51(63)49(61)48(60)50(62)52(53)64)39-68-54(65)43(55)41-73-45(44(56)35-34-37-46(57)58)36-32-30-28-26-24-16-14-12-10-8-6-4-2/h5,7,11-14,17-18,20-21,23-26,28-32,36,42-45,48-53,56,60-64H,3-4,6,8-10,15-16,19,22,27,33-35,37-41,55H2,1-2H3,(H,57,58)(H,66,67)/b7-5-,13-11-,14-12-,18-17-,21-20-,25-23-,26-24-,30-28+,31-29-,36-32+/t42-,43+,44+,45-,48?,49-,50+,51-,52-,53?/m1/s1. The van der Waals surface area contributed by atoms with Crippen molar-refractivity contribution in [2.24, 2.45) is 5.73 Å². The normalized spacial score (nSPS) is 22.7. The molecule has 0 bridgehead atoms. The minimum atomic E-state index is -5.29. The summed E-state index contributed by atoms with van der Waals surface area (Å²) in [5, 5.41) is 69.9. The molecule has 3 unspecified atom stereocenters. The lowest BCUT2D eigenvalue weighted by Crippen LogP contribution is -2.64. The summed E-state index contributed by atoms with van der Waals surface area (Å²) in [4.78, 5) is 47.6. The molecule has 73 heavy (non-hydrogen) atoms. The number of aliphatic carboxylic acids is 1. The number of carbonyl (C=O) groups is 3. The van der Waals surface area contributed by atoms with E-state index in [1.54, 1.807) is 24.3 Å². The van der Waals surface area contributed by atoms with Crippen molar-refractivity contribution in [2.45, 2.75) is 177 Å². The number of hydrogen-bond donors (Lipinski definition) is 9. The number of ether oxygens (including phenoxy) is 2. The Kier molecular flexibility index (Phi) is 38.8. The molecule has 0 aromatic carbocycles. The smallest absolute Gasteiger partial charge is 0.472 e. The molecule has 0 radical (unpaired) electrons. The first-order chi connectivity index (χ1) is 35.0. The lowest BCUT2D eigenvalue weighted by molar-refractivity contribution is -0.220. The number of carboxylic acid groups (broad SMARTS) is 1. The van der Waals surface area contributed by atoms with Crippen LogP contribution in [0.3, 0.4) is 0 Å². The molecule has 0 heterocycles. The van der Waals surface area contributed by atoms with Gasteiger partial charge in [0.05, 0.1) is 12.7 Å². The summed E-state index contributed by atoms with van der Waals surface area (Å²) in [5.41, 5.74) is 6.17. The third-order valence-corrected chi connectivity index (χ3v) is 13.2. The SMILES string of the molecule is CC/C=C\C/C=C\C/C=C\C/C=C\C/C=C\C/C=C\CCC(=O)O[C@H](COC(=O)[C@@H](N)CS[C@H](/C=C/C=C/C=C\C/C=C\CCCCC)[C@@H](O)CCCC(=O)O)COP(=O)(O)OC1[C@H](O)[C@H](O)C(O)[C@H](O)[C@H]1O. The number of unbranched alkanes of at least 4 members (excludes halogenated alkanes) is 3. The van der Waals surface area contributed by atoms with Crippen LogP contribution in [0.15, 0.2) is 122 Å². The fourth-order valence-corrected chi connectivity index (χ4v) is 8.73. The third kappa shape index (κ3) is 33.5. The van der Waals surface area contributed by atoms with E-state index < -0.39 is 99.1 Å². The van der Waals surface area contributed by atoms with Crippen LogP contribution in [0.25, 0.3) is 0 Å². The molecule has 1 fully saturated rings. The van der Waals surface area contributed by atoms with Gasteiger partial charge >= 0.3 is 25.7 Å². The molecule has 0 aliphatic heterocycles. The van der Waals surface area contributed by atoms with Crippen LogP contribution in [0.5, 0.6) is 0 Å². The fourth-order valence-electron chi connectivity index (χ4n) is 6.64. The van der Waals surface area contributed by atoms with Gasteiger partial charge in [-0.1, -0.05) is 148 Å². The highest BCUT2D eigenvalue weighted by Gasteiger charge is 2.51. The molecule has 19 heteroatoms. The van der Waals surface area contributed by atoms with E-state index in [9.17, 15) is 54.5 Å². The summed E-state index contributed by atoms with van der Waals surface area (Å²) < 4.78 is 33.6. The number of aliphatic hydroxyl groups is 6. The number of phosphoric ester groups is 1. The number of aliphatic hydroxyl groups excluding tert-OH is 6. The van der Waals surface area contributed by atoms with Crippen molar-refractivity contribution in [3.05, 3.63) is 122 Å². The van der Waals surface area contributed by atoms with Crippen LogP contribution >= 0.6 is 19.6 Å². The van der Waals surface area contributed by atoms with E-state index in [1.807, 2.05) is 36.5 Å². The second kappa shape index (κ2) is 42.2. The first kappa shape index (κ1) is 67.0. The maximum atomic E-state index is 13.1. The van der Waals surface area contributed by atoms with Gasteiger partial charge in [-0.3, -0.25) is 23.4 Å². The number of nitrogens with two attached hydrogens (primary N) is 1. The Balaban J connectivity index is 2.90. The molecule has 1 saturated carbocycles. The van der Waals surface area contributed by atoms with Crippen molar-refractivity contribution in [1.82, 2.24) is 0 Å².